The first-order chi connectivity index (χ1) is 18.0. The molecule has 37 heavy (non-hydrogen) atoms. The Morgan fingerprint density at radius 2 is 1.54 bits per heavy atom. The van der Waals surface area contributed by atoms with Crippen molar-refractivity contribution in [1.82, 2.24) is 10.7 Å². The monoisotopic (exact) mass is 511 g/mol. The van der Waals surface area contributed by atoms with Gasteiger partial charge in [0.1, 0.15) is 5.75 Å². The minimum absolute atomic E-state index is 0.141. The summed E-state index contributed by atoms with van der Waals surface area (Å²) in [6.45, 7) is 2.04. The van der Waals surface area contributed by atoms with E-state index in [4.69, 9.17) is 14.2 Å². The molecule has 0 aliphatic heterocycles. The van der Waals surface area contributed by atoms with Gasteiger partial charge < -0.3 is 19.5 Å². The second-order valence-corrected chi connectivity index (χ2v) is 8.47. The van der Waals surface area contributed by atoms with Crippen LogP contribution in [0.4, 0.5) is 0 Å². The fraction of sp³-hybridized carbons (Fsp3) is 0.429. The van der Waals surface area contributed by atoms with Crippen molar-refractivity contribution in [3.63, 3.8) is 0 Å². The molecular formula is C28H37N3O6. The maximum absolute atomic E-state index is 12.4. The van der Waals surface area contributed by atoms with Crippen molar-refractivity contribution in [2.24, 2.45) is 5.10 Å². The third kappa shape index (κ3) is 11.2. The molecule has 2 amide bonds. The summed E-state index contributed by atoms with van der Waals surface area (Å²) in [5.41, 5.74) is 3.36. The van der Waals surface area contributed by atoms with Gasteiger partial charge in [0, 0.05) is 6.42 Å². The molecule has 0 aliphatic rings. The molecule has 0 spiro atoms. The fourth-order valence-corrected chi connectivity index (χ4v) is 3.46. The minimum Gasteiger partial charge on any atom is -0.497 e. The van der Waals surface area contributed by atoms with Gasteiger partial charge in [-0.3, -0.25) is 9.59 Å². The van der Waals surface area contributed by atoms with E-state index in [1.54, 1.807) is 49.6 Å². The minimum atomic E-state index is -0.538. The van der Waals surface area contributed by atoms with Gasteiger partial charge in [-0.05, 0) is 54.4 Å². The average Bonchev–Trinajstić information content (AvgIpc) is 2.92. The molecule has 0 aromatic heterocycles. The lowest BCUT2D eigenvalue weighted by Crippen LogP contribution is -2.34. The molecule has 0 saturated heterocycles. The Hall–Kier alpha value is -3.88. The lowest BCUT2D eigenvalue weighted by Gasteiger charge is -2.10. The molecule has 9 nitrogen and oxygen atoms in total. The van der Waals surface area contributed by atoms with Crippen LogP contribution in [0.3, 0.4) is 0 Å². The predicted molar refractivity (Wildman–Crippen MR) is 142 cm³/mol. The van der Waals surface area contributed by atoms with E-state index in [0.717, 1.165) is 19.3 Å². The molecule has 0 fully saturated rings. The third-order valence-corrected chi connectivity index (χ3v) is 5.57. The Bertz CT molecular complexity index is 1040. The second kappa shape index (κ2) is 16.7. The van der Waals surface area contributed by atoms with Crippen LogP contribution in [0.2, 0.25) is 0 Å². The van der Waals surface area contributed by atoms with Crippen molar-refractivity contribution in [1.29, 1.82) is 0 Å². The highest BCUT2D eigenvalue weighted by Crippen LogP contribution is 2.28. The number of benzene rings is 2. The zero-order valence-corrected chi connectivity index (χ0v) is 21.9. The van der Waals surface area contributed by atoms with Crippen molar-refractivity contribution in [3.8, 4) is 17.2 Å². The lowest BCUT2D eigenvalue weighted by atomic mass is 10.1. The summed E-state index contributed by atoms with van der Waals surface area (Å²) >= 11 is 0. The molecule has 9 heteroatoms. The summed E-state index contributed by atoms with van der Waals surface area (Å²) in [5, 5.41) is 6.52. The topological polar surface area (TPSA) is 115 Å². The predicted octanol–water partition coefficient (Wildman–Crippen LogP) is 4.63. The van der Waals surface area contributed by atoms with Crippen LogP contribution in [0.15, 0.2) is 47.6 Å². The number of nitrogens with zero attached hydrogens (tertiary/aromatic N) is 1. The number of hydrazone groups is 1. The van der Waals surface area contributed by atoms with Crippen molar-refractivity contribution < 1.29 is 28.6 Å². The van der Waals surface area contributed by atoms with Crippen LogP contribution < -0.4 is 25.0 Å². The summed E-state index contributed by atoms with van der Waals surface area (Å²) in [7, 11) is 3.00. The number of methoxy groups -OCH3 is 2. The van der Waals surface area contributed by atoms with Crippen molar-refractivity contribution in [3.05, 3.63) is 53.6 Å². The van der Waals surface area contributed by atoms with Crippen LogP contribution in [-0.2, 0) is 9.59 Å². The van der Waals surface area contributed by atoms with E-state index in [9.17, 15) is 14.4 Å². The van der Waals surface area contributed by atoms with Crippen molar-refractivity contribution in [2.45, 2.75) is 58.3 Å². The smallest absolute Gasteiger partial charge is 0.343 e. The average molecular weight is 512 g/mol. The number of amides is 2. The zero-order valence-electron chi connectivity index (χ0n) is 21.9. The normalized spacial score (nSPS) is 10.7. The van der Waals surface area contributed by atoms with E-state index in [0.29, 0.717) is 29.0 Å². The SMILES string of the molecule is CCCCCCCCCC(=O)NCC(=O)N/N=C\c1ccc(OC(=O)c2ccc(OC)cc2)c(OC)c1. The maximum atomic E-state index is 12.4. The number of carbonyl (C=O) groups excluding carboxylic acids is 3. The van der Waals surface area contributed by atoms with E-state index in [-0.39, 0.29) is 18.2 Å². The van der Waals surface area contributed by atoms with Gasteiger partial charge in [0.25, 0.3) is 5.91 Å². The molecule has 0 radical (unpaired) electrons. The molecule has 2 rings (SSSR count). The first kappa shape index (κ1) is 29.4. The number of nitrogens with one attached hydrogen (secondary N) is 2. The molecule has 2 aromatic rings. The quantitative estimate of drug-likeness (QED) is 0.112. The summed E-state index contributed by atoms with van der Waals surface area (Å²) in [4.78, 5) is 36.3. The molecule has 0 heterocycles. The van der Waals surface area contributed by atoms with Crippen molar-refractivity contribution in [2.75, 3.05) is 20.8 Å². The van der Waals surface area contributed by atoms with Gasteiger partial charge in [-0.25, -0.2) is 10.2 Å². The molecule has 200 valence electrons. The number of rotatable bonds is 16. The van der Waals surface area contributed by atoms with E-state index in [2.05, 4.69) is 22.8 Å². The Morgan fingerprint density at radius 1 is 0.838 bits per heavy atom. The van der Waals surface area contributed by atoms with Crippen LogP contribution in [0.1, 0.15) is 74.2 Å². The summed E-state index contributed by atoms with van der Waals surface area (Å²) in [6, 6.07) is 11.4. The number of esters is 1. The second-order valence-electron chi connectivity index (χ2n) is 8.47. The number of carbonyl (C=O) groups is 3. The molecule has 2 aromatic carbocycles. The van der Waals surface area contributed by atoms with Gasteiger partial charge in [0.2, 0.25) is 5.91 Å². The highest BCUT2D eigenvalue weighted by Gasteiger charge is 2.13. The standard InChI is InChI=1S/C28H37N3O6/c1-4-5-6-7-8-9-10-11-26(32)29-20-27(33)31-30-19-21-12-17-24(25(18-21)36-3)37-28(34)22-13-15-23(35-2)16-14-22/h12-19H,4-11,20H2,1-3H3,(H,29,32)(H,31,33)/b30-19-. The van der Waals surface area contributed by atoms with E-state index < -0.39 is 11.9 Å². The van der Waals surface area contributed by atoms with E-state index >= 15 is 0 Å². The van der Waals surface area contributed by atoms with Crippen LogP contribution >= 0.6 is 0 Å². The summed E-state index contributed by atoms with van der Waals surface area (Å²) in [6.07, 6.45) is 9.77. The Balaban J connectivity index is 1.75. The molecule has 0 saturated carbocycles. The Morgan fingerprint density at radius 3 is 2.22 bits per heavy atom. The van der Waals surface area contributed by atoms with E-state index in [1.807, 2.05) is 0 Å². The number of hydrogen-bond acceptors (Lipinski definition) is 7. The summed E-state index contributed by atoms with van der Waals surface area (Å²) in [5.74, 6) is 0.0979. The van der Waals surface area contributed by atoms with Crippen LogP contribution in [-0.4, -0.2) is 44.8 Å². The molecule has 0 aliphatic carbocycles. The number of hydrogen-bond donors (Lipinski definition) is 2. The van der Waals surface area contributed by atoms with Crippen LogP contribution in [0, 0.1) is 0 Å². The molecular weight excluding hydrogens is 474 g/mol. The third-order valence-electron chi connectivity index (χ3n) is 5.57. The zero-order chi connectivity index (χ0) is 26.9. The van der Waals surface area contributed by atoms with Gasteiger partial charge in [-0.2, -0.15) is 5.10 Å². The highest BCUT2D eigenvalue weighted by atomic mass is 16.6. The summed E-state index contributed by atoms with van der Waals surface area (Å²) < 4.78 is 15.9. The first-order valence-electron chi connectivity index (χ1n) is 12.6. The van der Waals surface area contributed by atoms with Crippen LogP contribution in [0.5, 0.6) is 17.2 Å². The van der Waals surface area contributed by atoms with Gasteiger partial charge in [0.05, 0.1) is 32.5 Å². The number of ether oxygens (including phenoxy) is 3. The Kier molecular flexibility index (Phi) is 13.3. The maximum Gasteiger partial charge on any atom is 0.343 e. The van der Waals surface area contributed by atoms with Gasteiger partial charge >= 0.3 is 5.97 Å². The molecule has 0 bridgehead atoms. The van der Waals surface area contributed by atoms with E-state index in [1.165, 1.54) is 39.0 Å². The number of unbranched alkanes of at least 4 members (excludes halogenated alkanes) is 6. The van der Waals surface area contributed by atoms with Crippen LogP contribution in [0.25, 0.3) is 0 Å². The van der Waals surface area contributed by atoms with Crippen molar-refractivity contribution >= 4 is 24.0 Å². The first-order valence-corrected chi connectivity index (χ1v) is 12.6. The Labute approximate surface area is 218 Å². The van der Waals surface area contributed by atoms with Gasteiger partial charge in [-0.1, -0.05) is 45.4 Å². The van der Waals surface area contributed by atoms with Gasteiger partial charge in [0.15, 0.2) is 11.5 Å². The van der Waals surface area contributed by atoms with Gasteiger partial charge in [-0.15, -0.1) is 0 Å². The highest BCUT2D eigenvalue weighted by molar-refractivity contribution is 5.92. The molecule has 0 unspecified atom stereocenters. The molecule has 2 N–H and O–H groups in total. The fourth-order valence-electron chi connectivity index (χ4n) is 3.46. The lowest BCUT2D eigenvalue weighted by molar-refractivity contribution is -0.126. The largest absolute Gasteiger partial charge is 0.497 e. The molecule has 0 atom stereocenters.